The number of amides is 2. The third-order valence-electron chi connectivity index (χ3n) is 3.42. The predicted molar refractivity (Wildman–Crippen MR) is 87.7 cm³/mol. The van der Waals surface area contributed by atoms with Gasteiger partial charge in [0.15, 0.2) is 0 Å². The Morgan fingerprint density at radius 1 is 1.30 bits per heavy atom. The highest BCUT2D eigenvalue weighted by Crippen LogP contribution is 2.32. The quantitative estimate of drug-likeness (QED) is 0.646. The van der Waals surface area contributed by atoms with Gasteiger partial charge in [-0.3, -0.25) is 19.7 Å². The number of primary amides is 1. The molecule has 0 atom stereocenters. The van der Waals surface area contributed by atoms with Gasteiger partial charge in [-0.25, -0.2) is 0 Å². The van der Waals surface area contributed by atoms with Crippen LogP contribution in [0.5, 0.6) is 0 Å². The van der Waals surface area contributed by atoms with Gasteiger partial charge in [0.2, 0.25) is 5.91 Å². The van der Waals surface area contributed by atoms with Crippen LogP contribution in [-0.2, 0) is 11.2 Å². The largest absolute Gasteiger partial charge is 0.365 e. The lowest BCUT2D eigenvalue weighted by Gasteiger charge is -2.06. The molecule has 0 unspecified atom stereocenters. The predicted octanol–water partition coefficient (Wildman–Crippen LogP) is 2.55. The van der Waals surface area contributed by atoms with E-state index in [1.54, 1.807) is 13.0 Å². The maximum absolute atomic E-state index is 12.2. The molecule has 0 aliphatic heterocycles. The number of carbonyl (C=O) groups is 2. The summed E-state index contributed by atoms with van der Waals surface area (Å²) in [6.07, 6.45) is -0.161. The minimum absolute atomic E-state index is 0.115. The number of anilines is 1. The van der Waals surface area contributed by atoms with Crippen molar-refractivity contribution in [2.45, 2.75) is 20.3 Å². The number of benzene rings is 1. The van der Waals surface area contributed by atoms with Crippen LogP contribution in [0.2, 0.25) is 0 Å². The standard InChI is InChI=1S/C15H15N3O4S/c1-8-9(2)23-15(13(8)14(16)20)17-12(19)7-10-5-3-4-6-11(10)18(21)22/h3-6H,7H2,1-2H3,(H2,16,20)(H,17,19). The van der Waals surface area contributed by atoms with Crippen molar-refractivity contribution in [2.75, 3.05) is 5.32 Å². The number of nitrogens with two attached hydrogens (primary N) is 1. The molecule has 0 radical (unpaired) electrons. The van der Waals surface area contributed by atoms with Crippen molar-refractivity contribution in [3.05, 3.63) is 55.9 Å². The summed E-state index contributed by atoms with van der Waals surface area (Å²) in [4.78, 5) is 35.0. The first-order valence-corrected chi connectivity index (χ1v) is 7.54. The van der Waals surface area contributed by atoms with Crippen LogP contribution in [0.25, 0.3) is 0 Å². The van der Waals surface area contributed by atoms with Gasteiger partial charge in [-0.05, 0) is 19.4 Å². The SMILES string of the molecule is Cc1sc(NC(=O)Cc2ccccc2[N+](=O)[O-])c(C(N)=O)c1C. The van der Waals surface area contributed by atoms with Crippen LogP contribution in [0.3, 0.4) is 0 Å². The molecule has 0 fully saturated rings. The molecule has 7 nitrogen and oxygen atoms in total. The summed E-state index contributed by atoms with van der Waals surface area (Å²) in [6, 6.07) is 6.04. The number of nitro benzene ring substituents is 1. The Morgan fingerprint density at radius 2 is 1.96 bits per heavy atom. The molecule has 120 valence electrons. The van der Waals surface area contributed by atoms with E-state index in [1.807, 2.05) is 6.92 Å². The van der Waals surface area contributed by atoms with Crippen molar-refractivity contribution in [2.24, 2.45) is 5.73 Å². The lowest BCUT2D eigenvalue weighted by atomic mass is 10.1. The van der Waals surface area contributed by atoms with Gasteiger partial charge in [0.1, 0.15) is 5.00 Å². The van der Waals surface area contributed by atoms with E-state index in [0.717, 1.165) is 10.4 Å². The highest BCUT2D eigenvalue weighted by Gasteiger charge is 2.20. The van der Waals surface area contributed by atoms with Crippen LogP contribution in [0.4, 0.5) is 10.7 Å². The van der Waals surface area contributed by atoms with Gasteiger partial charge in [0.05, 0.1) is 16.9 Å². The zero-order valence-corrected chi connectivity index (χ0v) is 13.4. The van der Waals surface area contributed by atoms with Crippen LogP contribution >= 0.6 is 11.3 Å². The Kier molecular flexibility index (Phi) is 4.75. The normalized spacial score (nSPS) is 10.3. The lowest BCUT2D eigenvalue weighted by molar-refractivity contribution is -0.385. The van der Waals surface area contributed by atoms with E-state index in [-0.39, 0.29) is 17.7 Å². The fourth-order valence-corrected chi connectivity index (χ4v) is 3.28. The molecule has 1 aromatic heterocycles. The molecule has 0 saturated heterocycles. The Morgan fingerprint density at radius 3 is 2.57 bits per heavy atom. The van der Waals surface area contributed by atoms with Crippen molar-refractivity contribution in [3.63, 3.8) is 0 Å². The number of rotatable bonds is 5. The molecule has 23 heavy (non-hydrogen) atoms. The number of hydrogen-bond donors (Lipinski definition) is 2. The number of nitrogens with zero attached hydrogens (tertiary/aromatic N) is 1. The van der Waals surface area contributed by atoms with Crippen LogP contribution in [0.15, 0.2) is 24.3 Å². The maximum atomic E-state index is 12.2. The van der Waals surface area contributed by atoms with E-state index < -0.39 is 16.7 Å². The summed E-state index contributed by atoms with van der Waals surface area (Å²) in [5.74, 6) is -1.06. The van der Waals surface area contributed by atoms with Crippen LogP contribution in [-0.4, -0.2) is 16.7 Å². The van der Waals surface area contributed by atoms with E-state index in [4.69, 9.17) is 5.73 Å². The van der Waals surface area contributed by atoms with Crippen LogP contribution < -0.4 is 11.1 Å². The van der Waals surface area contributed by atoms with E-state index in [1.165, 1.54) is 29.5 Å². The third kappa shape index (κ3) is 3.54. The fourth-order valence-electron chi connectivity index (χ4n) is 2.19. The number of para-hydroxylation sites is 1. The van der Waals surface area contributed by atoms with Crippen molar-refractivity contribution in [3.8, 4) is 0 Å². The molecular weight excluding hydrogens is 318 g/mol. The van der Waals surface area contributed by atoms with Gasteiger partial charge in [0.25, 0.3) is 11.6 Å². The molecule has 2 aromatic rings. The summed E-state index contributed by atoms with van der Waals surface area (Å²) >= 11 is 1.25. The summed E-state index contributed by atoms with van der Waals surface area (Å²) in [5, 5.41) is 14.0. The highest BCUT2D eigenvalue weighted by molar-refractivity contribution is 7.16. The molecule has 3 N–H and O–H groups in total. The van der Waals surface area contributed by atoms with Crippen molar-refractivity contribution in [1.29, 1.82) is 0 Å². The number of nitro groups is 1. The van der Waals surface area contributed by atoms with E-state index in [9.17, 15) is 19.7 Å². The molecule has 2 rings (SSSR count). The minimum Gasteiger partial charge on any atom is -0.365 e. The van der Waals surface area contributed by atoms with E-state index >= 15 is 0 Å². The topological polar surface area (TPSA) is 115 Å². The molecule has 0 saturated carbocycles. The summed E-state index contributed by atoms with van der Waals surface area (Å²) < 4.78 is 0. The number of hydrogen-bond acceptors (Lipinski definition) is 5. The van der Waals surface area contributed by atoms with Gasteiger partial charge in [-0.15, -0.1) is 11.3 Å². The average molecular weight is 333 g/mol. The van der Waals surface area contributed by atoms with Gasteiger partial charge >= 0.3 is 0 Å². The molecule has 0 aliphatic carbocycles. The molecule has 8 heteroatoms. The fraction of sp³-hybridized carbons (Fsp3) is 0.200. The highest BCUT2D eigenvalue weighted by atomic mass is 32.1. The minimum atomic E-state index is -0.618. The summed E-state index contributed by atoms with van der Waals surface area (Å²) in [7, 11) is 0. The second-order valence-electron chi connectivity index (χ2n) is 4.96. The van der Waals surface area contributed by atoms with Crippen molar-refractivity contribution < 1.29 is 14.5 Å². The average Bonchev–Trinajstić information content (AvgIpc) is 2.73. The second kappa shape index (κ2) is 6.57. The number of aryl methyl sites for hydroxylation is 1. The molecule has 2 amide bonds. The number of thiophene rings is 1. The van der Waals surface area contributed by atoms with Crippen molar-refractivity contribution >= 4 is 33.8 Å². The van der Waals surface area contributed by atoms with Crippen LogP contribution in [0.1, 0.15) is 26.4 Å². The third-order valence-corrected chi connectivity index (χ3v) is 4.55. The Balaban J connectivity index is 2.23. The molecule has 0 spiro atoms. The van der Waals surface area contributed by atoms with E-state index in [0.29, 0.717) is 10.6 Å². The Hall–Kier alpha value is -2.74. The van der Waals surface area contributed by atoms with Gasteiger partial charge in [0, 0.05) is 16.5 Å². The van der Waals surface area contributed by atoms with Crippen LogP contribution in [0, 0.1) is 24.0 Å². The first kappa shape index (κ1) is 16.6. The van der Waals surface area contributed by atoms with Gasteiger partial charge < -0.3 is 11.1 Å². The number of nitrogens with one attached hydrogen (secondary N) is 1. The maximum Gasteiger partial charge on any atom is 0.273 e. The summed E-state index contributed by atoms with van der Waals surface area (Å²) in [5.41, 5.74) is 6.55. The van der Waals surface area contributed by atoms with Crippen molar-refractivity contribution in [1.82, 2.24) is 0 Å². The zero-order chi connectivity index (χ0) is 17.1. The molecule has 1 heterocycles. The Bertz CT molecular complexity index is 798. The Labute approximate surface area is 136 Å². The monoisotopic (exact) mass is 333 g/mol. The molecule has 0 bridgehead atoms. The first-order chi connectivity index (χ1) is 10.8. The second-order valence-corrected chi connectivity index (χ2v) is 6.19. The first-order valence-electron chi connectivity index (χ1n) is 6.73. The summed E-state index contributed by atoms with van der Waals surface area (Å²) in [6.45, 7) is 3.58. The molecule has 1 aromatic carbocycles. The zero-order valence-electron chi connectivity index (χ0n) is 12.6. The molecular formula is C15H15N3O4S. The lowest BCUT2D eigenvalue weighted by Crippen LogP contribution is -2.19. The van der Waals surface area contributed by atoms with Gasteiger partial charge in [-0.2, -0.15) is 0 Å². The number of carbonyl (C=O) groups excluding carboxylic acids is 2. The van der Waals surface area contributed by atoms with Gasteiger partial charge in [-0.1, -0.05) is 18.2 Å². The van der Waals surface area contributed by atoms with E-state index in [2.05, 4.69) is 5.32 Å². The smallest absolute Gasteiger partial charge is 0.273 e. The molecule has 0 aliphatic rings.